The molecular formula is C14H17N3O2S. The number of aromatic nitrogens is 1. The highest BCUT2D eigenvalue weighted by Crippen LogP contribution is 2.38. The second-order valence-electron chi connectivity index (χ2n) is 5.12. The summed E-state index contributed by atoms with van der Waals surface area (Å²) in [5, 5.41) is 0.476. The van der Waals surface area contributed by atoms with Crippen LogP contribution in [0.1, 0.15) is 19.3 Å². The molecule has 0 aromatic carbocycles. The minimum Gasteiger partial charge on any atom is -0.343 e. The molecule has 1 aromatic heterocycles. The topological polar surface area (TPSA) is 53.5 Å². The number of carbonyl (C=O) groups is 2. The lowest BCUT2D eigenvalue weighted by molar-refractivity contribution is -0.131. The van der Waals surface area contributed by atoms with Gasteiger partial charge in [-0.3, -0.25) is 9.59 Å². The number of hydrogen-bond acceptors (Lipinski definition) is 4. The maximum absolute atomic E-state index is 12.3. The van der Waals surface area contributed by atoms with Crippen LogP contribution in [0.2, 0.25) is 0 Å². The molecule has 2 aliphatic heterocycles. The Morgan fingerprint density at radius 3 is 2.95 bits per heavy atom. The van der Waals surface area contributed by atoms with Crippen LogP contribution < -0.4 is 4.90 Å². The maximum atomic E-state index is 12.3. The Morgan fingerprint density at radius 1 is 1.45 bits per heavy atom. The van der Waals surface area contributed by atoms with Gasteiger partial charge in [0.1, 0.15) is 5.03 Å². The van der Waals surface area contributed by atoms with Crippen molar-refractivity contribution in [1.82, 2.24) is 9.88 Å². The molecule has 3 rings (SSSR count). The van der Waals surface area contributed by atoms with E-state index >= 15 is 0 Å². The Morgan fingerprint density at radius 2 is 2.20 bits per heavy atom. The SMILES string of the molecule is CN1C(=O)C(CC(=O)N2CCCC2)Sc2ncccc21. The summed E-state index contributed by atoms with van der Waals surface area (Å²) in [5.41, 5.74) is 0.826. The van der Waals surface area contributed by atoms with E-state index in [1.807, 2.05) is 17.0 Å². The summed E-state index contributed by atoms with van der Waals surface area (Å²) in [4.78, 5) is 32.3. The molecule has 6 heteroatoms. The molecule has 1 saturated heterocycles. The summed E-state index contributed by atoms with van der Waals surface area (Å²) in [6.45, 7) is 1.66. The highest BCUT2D eigenvalue weighted by molar-refractivity contribution is 8.00. The number of thioether (sulfide) groups is 1. The number of pyridine rings is 1. The first-order valence-electron chi connectivity index (χ1n) is 6.84. The lowest BCUT2D eigenvalue weighted by atomic mass is 10.2. The minimum atomic E-state index is -0.351. The fourth-order valence-electron chi connectivity index (χ4n) is 2.63. The molecule has 2 amide bonds. The Kier molecular flexibility index (Phi) is 3.65. The van der Waals surface area contributed by atoms with Crippen LogP contribution in [0.15, 0.2) is 23.4 Å². The molecule has 0 spiro atoms. The number of amides is 2. The molecule has 20 heavy (non-hydrogen) atoms. The largest absolute Gasteiger partial charge is 0.343 e. The van der Waals surface area contributed by atoms with Gasteiger partial charge in [-0.05, 0) is 25.0 Å². The Balaban J connectivity index is 1.75. The van der Waals surface area contributed by atoms with Gasteiger partial charge in [0.15, 0.2) is 0 Å². The Hall–Kier alpha value is -1.56. The van der Waals surface area contributed by atoms with E-state index in [0.717, 1.165) is 36.6 Å². The number of fused-ring (bicyclic) bond motifs is 1. The number of nitrogens with zero attached hydrogens (tertiary/aromatic N) is 3. The van der Waals surface area contributed by atoms with Gasteiger partial charge in [-0.1, -0.05) is 11.8 Å². The van der Waals surface area contributed by atoms with Crippen LogP contribution in [-0.2, 0) is 9.59 Å². The van der Waals surface area contributed by atoms with E-state index in [2.05, 4.69) is 4.98 Å². The van der Waals surface area contributed by atoms with Crippen molar-refractivity contribution in [3.05, 3.63) is 18.3 Å². The smallest absolute Gasteiger partial charge is 0.240 e. The van der Waals surface area contributed by atoms with E-state index in [4.69, 9.17) is 0 Å². The molecule has 1 fully saturated rings. The van der Waals surface area contributed by atoms with Gasteiger partial charge < -0.3 is 9.80 Å². The molecule has 3 heterocycles. The second-order valence-corrected chi connectivity index (χ2v) is 6.31. The summed E-state index contributed by atoms with van der Waals surface area (Å²) in [6, 6.07) is 3.70. The molecule has 1 aromatic rings. The third-order valence-corrected chi connectivity index (χ3v) is 4.98. The zero-order valence-corrected chi connectivity index (χ0v) is 12.2. The van der Waals surface area contributed by atoms with Crippen molar-refractivity contribution in [3.8, 4) is 0 Å². The van der Waals surface area contributed by atoms with Crippen molar-refractivity contribution in [3.63, 3.8) is 0 Å². The number of anilines is 1. The first-order chi connectivity index (χ1) is 9.66. The third kappa shape index (κ3) is 2.40. The molecule has 106 valence electrons. The summed E-state index contributed by atoms with van der Waals surface area (Å²) in [6.07, 6.45) is 4.13. The molecule has 0 saturated carbocycles. The molecule has 2 aliphatic rings. The van der Waals surface area contributed by atoms with E-state index in [-0.39, 0.29) is 23.5 Å². The lowest BCUT2D eigenvalue weighted by Crippen LogP contribution is -2.41. The molecule has 1 unspecified atom stereocenters. The van der Waals surface area contributed by atoms with Gasteiger partial charge >= 0.3 is 0 Å². The summed E-state index contributed by atoms with van der Waals surface area (Å²) in [5.74, 6) is 0.0733. The average Bonchev–Trinajstić information content (AvgIpc) is 2.99. The van der Waals surface area contributed by atoms with Crippen LogP contribution in [0, 0.1) is 0 Å². The van der Waals surface area contributed by atoms with Gasteiger partial charge in [0.25, 0.3) is 0 Å². The number of carbonyl (C=O) groups excluding carboxylic acids is 2. The van der Waals surface area contributed by atoms with Gasteiger partial charge in [0.2, 0.25) is 11.8 Å². The molecular weight excluding hydrogens is 274 g/mol. The maximum Gasteiger partial charge on any atom is 0.240 e. The van der Waals surface area contributed by atoms with Crippen molar-refractivity contribution < 1.29 is 9.59 Å². The van der Waals surface area contributed by atoms with Crippen LogP contribution in [0.4, 0.5) is 5.69 Å². The predicted molar refractivity (Wildman–Crippen MR) is 77.7 cm³/mol. The van der Waals surface area contributed by atoms with E-state index in [0.29, 0.717) is 0 Å². The summed E-state index contributed by atoms with van der Waals surface area (Å²) < 4.78 is 0. The standard InChI is InChI=1S/C14H17N3O2S/c1-16-10-5-4-6-15-13(10)20-11(14(16)19)9-12(18)17-7-2-3-8-17/h4-6,11H,2-3,7-9H2,1H3. The lowest BCUT2D eigenvalue weighted by Gasteiger charge is -2.30. The monoisotopic (exact) mass is 291 g/mol. The van der Waals surface area contributed by atoms with E-state index < -0.39 is 0 Å². The Labute approximate surface area is 122 Å². The second kappa shape index (κ2) is 5.44. The normalized spacial score (nSPS) is 22.1. The quantitative estimate of drug-likeness (QED) is 0.829. The molecule has 0 bridgehead atoms. The minimum absolute atomic E-state index is 0.0111. The van der Waals surface area contributed by atoms with Crippen molar-refractivity contribution >= 4 is 29.3 Å². The van der Waals surface area contributed by atoms with Crippen LogP contribution >= 0.6 is 11.8 Å². The van der Waals surface area contributed by atoms with Crippen LogP contribution in [0.3, 0.4) is 0 Å². The van der Waals surface area contributed by atoms with E-state index in [1.54, 1.807) is 18.1 Å². The van der Waals surface area contributed by atoms with Crippen LogP contribution in [0.25, 0.3) is 0 Å². The van der Waals surface area contributed by atoms with Gasteiger partial charge in [-0.25, -0.2) is 4.98 Å². The fourth-order valence-corrected chi connectivity index (χ4v) is 3.83. The molecule has 5 nitrogen and oxygen atoms in total. The summed E-state index contributed by atoms with van der Waals surface area (Å²) in [7, 11) is 1.75. The fraction of sp³-hybridized carbons (Fsp3) is 0.500. The van der Waals surface area contributed by atoms with E-state index in [1.165, 1.54) is 11.8 Å². The van der Waals surface area contributed by atoms with Crippen molar-refractivity contribution in [2.24, 2.45) is 0 Å². The van der Waals surface area contributed by atoms with E-state index in [9.17, 15) is 9.59 Å². The predicted octanol–water partition coefficient (Wildman–Crippen LogP) is 1.53. The molecule has 0 radical (unpaired) electrons. The van der Waals surface area contributed by atoms with Gasteiger partial charge in [-0.2, -0.15) is 0 Å². The number of rotatable bonds is 2. The summed E-state index contributed by atoms with van der Waals surface area (Å²) >= 11 is 1.41. The van der Waals surface area contributed by atoms with Gasteiger partial charge in [-0.15, -0.1) is 0 Å². The third-order valence-electron chi connectivity index (χ3n) is 3.79. The van der Waals surface area contributed by atoms with Crippen molar-refractivity contribution in [2.75, 3.05) is 25.0 Å². The zero-order valence-electron chi connectivity index (χ0n) is 11.4. The van der Waals surface area contributed by atoms with Crippen molar-refractivity contribution in [1.29, 1.82) is 0 Å². The van der Waals surface area contributed by atoms with Crippen LogP contribution in [0.5, 0.6) is 0 Å². The van der Waals surface area contributed by atoms with Gasteiger partial charge in [0.05, 0.1) is 10.9 Å². The molecule has 0 aliphatic carbocycles. The van der Waals surface area contributed by atoms with Crippen molar-refractivity contribution in [2.45, 2.75) is 29.5 Å². The zero-order chi connectivity index (χ0) is 14.1. The molecule has 1 atom stereocenters. The molecule has 0 N–H and O–H groups in total. The highest BCUT2D eigenvalue weighted by atomic mass is 32.2. The van der Waals surface area contributed by atoms with Crippen LogP contribution in [-0.4, -0.2) is 47.1 Å². The Bertz CT molecular complexity index is 543. The first kappa shape index (κ1) is 13.4. The first-order valence-corrected chi connectivity index (χ1v) is 7.72. The average molecular weight is 291 g/mol. The number of hydrogen-bond donors (Lipinski definition) is 0. The highest BCUT2D eigenvalue weighted by Gasteiger charge is 2.34. The van der Waals surface area contributed by atoms with Gasteiger partial charge in [0, 0.05) is 32.8 Å². The number of likely N-dealkylation sites (tertiary alicyclic amines) is 1.